The fraction of sp³-hybridized carbons (Fsp3) is 0.0938. The first-order valence-corrected chi connectivity index (χ1v) is 14.3. The van der Waals surface area contributed by atoms with E-state index in [9.17, 15) is 14.4 Å². The fourth-order valence-electron chi connectivity index (χ4n) is 3.70. The maximum absolute atomic E-state index is 13.3. The molecule has 0 heterocycles. The summed E-state index contributed by atoms with van der Waals surface area (Å²) in [4.78, 5) is 39.5. The van der Waals surface area contributed by atoms with E-state index < -0.39 is 11.8 Å². The third kappa shape index (κ3) is 8.43. The SMILES string of the molecule is Cc1ccc(NC(=O)CSc2cccc(NC(=O)/C(=C/c3ccc(Br)cc3)NC(=O)c3ccccc3)c2)cc1C. The first-order valence-electron chi connectivity index (χ1n) is 12.5. The Morgan fingerprint density at radius 1 is 0.775 bits per heavy atom. The Bertz CT molecular complexity index is 1550. The molecule has 0 unspecified atom stereocenters. The second-order valence-corrected chi connectivity index (χ2v) is 11.0. The van der Waals surface area contributed by atoms with E-state index in [1.54, 1.807) is 48.5 Å². The van der Waals surface area contributed by atoms with Gasteiger partial charge in [-0.05, 0) is 91.2 Å². The number of amides is 3. The Hall–Kier alpha value is -4.14. The number of rotatable bonds is 9. The van der Waals surface area contributed by atoms with Gasteiger partial charge < -0.3 is 16.0 Å². The van der Waals surface area contributed by atoms with Crippen molar-refractivity contribution in [1.29, 1.82) is 0 Å². The number of anilines is 2. The molecule has 6 nitrogen and oxygen atoms in total. The minimum absolute atomic E-state index is 0.0991. The van der Waals surface area contributed by atoms with Crippen LogP contribution in [0, 0.1) is 13.8 Å². The third-order valence-electron chi connectivity index (χ3n) is 5.96. The Balaban J connectivity index is 1.44. The number of carbonyl (C=O) groups is 3. The largest absolute Gasteiger partial charge is 0.325 e. The van der Waals surface area contributed by atoms with Crippen molar-refractivity contribution in [2.45, 2.75) is 18.7 Å². The molecular weight excluding hydrogens is 586 g/mol. The highest BCUT2D eigenvalue weighted by molar-refractivity contribution is 9.10. The van der Waals surface area contributed by atoms with E-state index in [-0.39, 0.29) is 17.4 Å². The maximum Gasteiger partial charge on any atom is 0.272 e. The molecule has 0 atom stereocenters. The van der Waals surface area contributed by atoms with Gasteiger partial charge in [0.05, 0.1) is 5.75 Å². The predicted octanol–water partition coefficient (Wildman–Crippen LogP) is 7.21. The van der Waals surface area contributed by atoms with Crippen LogP contribution in [0.2, 0.25) is 0 Å². The normalized spacial score (nSPS) is 11.0. The summed E-state index contributed by atoms with van der Waals surface area (Å²) in [7, 11) is 0. The van der Waals surface area contributed by atoms with Crippen molar-refractivity contribution < 1.29 is 14.4 Å². The summed E-state index contributed by atoms with van der Waals surface area (Å²) < 4.78 is 0.904. The second-order valence-electron chi connectivity index (χ2n) is 9.05. The van der Waals surface area contributed by atoms with Gasteiger partial charge >= 0.3 is 0 Å². The molecule has 0 spiro atoms. The van der Waals surface area contributed by atoms with Crippen molar-refractivity contribution in [3.63, 3.8) is 0 Å². The van der Waals surface area contributed by atoms with Crippen LogP contribution in [-0.4, -0.2) is 23.5 Å². The van der Waals surface area contributed by atoms with Gasteiger partial charge in [-0.3, -0.25) is 14.4 Å². The Morgan fingerprint density at radius 3 is 2.23 bits per heavy atom. The molecule has 40 heavy (non-hydrogen) atoms. The first kappa shape index (κ1) is 28.9. The van der Waals surface area contributed by atoms with Crippen LogP contribution < -0.4 is 16.0 Å². The number of halogens is 1. The minimum atomic E-state index is -0.471. The van der Waals surface area contributed by atoms with Gasteiger partial charge in [-0.1, -0.05) is 58.4 Å². The number of aryl methyl sites for hydroxylation is 2. The second kappa shape index (κ2) is 13.8. The minimum Gasteiger partial charge on any atom is -0.325 e. The molecule has 8 heteroatoms. The summed E-state index contributed by atoms with van der Waals surface area (Å²) in [5.74, 6) is -0.766. The van der Waals surface area contributed by atoms with Crippen molar-refractivity contribution >= 4 is 62.9 Å². The summed E-state index contributed by atoms with van der Waals surface area (Å²) in [5, 5.41) is 8.53. The molecule has 0 bridgehead atoms. The molecule has 4 rings (SSSR count). The van der Waals surface area contributed by atoms with E-state index in [0.29, 0.717) is 11.3 Å². The first-order chi connectivity index (χ1) is 19.3. The molecule has 4 aromatic rings. The molecule has 0 aliphatic rings. The van der Waals surface area contributed by atoms with Gasteiger partial charge in [0.25, 0.3) is 11.8 Å². The average molecular weight is 615 g/mol. The van der Waals surface area contributed by atoms with Crippen LogP contribution in [0.3, 0.4) is 0 Å². The van der Waals surface area contributed by atoms with E-state index in [2.05, 4.69) is 31.9 Å². The number of hydrogen-bond acceptors (Lipinski definition) is 4. The van der Waals surface area contributed by atoms with Crippen LogP contribution >= 0.6 is 27.7 Å². The third-order valence-corrected chi connectivity index (χ3v) is 7.48. The van der Waals surface area contributed by atoms with E-state index in [1.165, 1.54) is 17.3 Å². The lowest BCUT2D eigenvalue weighted by Crippen LogP contribution is -2.30. The zero-order chi connectivity index (χ0) is 28.5. The van der Waals surface area contributed by atoms with Crippen LogP contribution in [0.1, 0.15) is 27.0 Å². The molecule has 0 saturated carbocycles. The molecular formula is C32H28BrN3O3S. The number of carbonyl (C=O) groups excluding carboxylic acids is 3. The smallest absolute Gasteiger partial charge is 0.272 e. The van der Waals surface area contributed by atoms with Crippen molar-refractivity contribution in [3.05, 3.63) is 129 Å². The summed E-state index contributed by atoms with van der Waals surface area (Å²) in [6.45, 7) is 4.03. The Labute approximate surface area is 246 Å². The van der Waals surface area contributed by atoms with Crippen LogP contribution in [0.25, 0.3) is 6.08 Å². The van der Waals surface area contributed by atoms with Gasteiger partial charge in [0, 0.05) is 26.3 Å². The predicted molar refractivity (Wildman–Crippen MR) is 166 cm³/mol. The van der Waals surface area contributed by atoms with Crippen LogP contribution in [-0.2, 0) is 9.59 Å². The summed E-state index contributed by atoms with van der Waals surface area (Å²) in [6, 6.07) is 29.1. The molecule has 0 aliphatic heterocycles. The van der Waals surface area contributed by atoms with Crippen LogP contribution in [0.15, 0.2) is 112 Å². The van der Waals surface area contributed by atoms with Gasteiger partial charge in [0.15, 0.2) is 0 Å². The van der Waals surface area contributed by atoms with E-state index in [1.807, 2.05) is 68.4 Å². The highest BCUT2D eigenvalue weighted by Gasteiger charge is 2.15. The summed E-state index contributed by atoms with van der Waals surface area (Å²) >= 11 is 4.77. The zero-order valence-electron chi connectivity index (χ0n) is 22.0. The lowest BCUT2D eigenvalue weighted by Gasteiger charge is -2.12. The topological polar surface area (TPSA) is 87.3 Å². The monoisotopic (exact) mass is 613 g/mol. The molecule has 3 amide bonds. The van der Waals surface area contributed by atoms with Gasteiger partial charge in [-0.15, -0.1) is 11.8 Å². The molecule has 0 aliphatic carbocycles. The van der Waals surface area contributed by atoms with Gasteiger partial charge in [0.2, 0.25) is 5.91 Å². The molecule has 202 valence electrons. The standard InChI is InChI=1S/C32H28BrN3O3S/c1-21-11-16-27(17-22(21)2)34-30(37)20-40-28-10-6-9-26(19-28)35-32(39)29(18-23-12-14-25(33)15-13-23)36-31(38)24-7-4-3-5-8-24/h3-19H,20H2,1-2H3,(H,34,37)(H,35,39)(H,36,38)/b29-18-. The summed E-state index contributed by atoms with van der Waals surface area (Å²) in [6.07, 6.45) is 1.62. The van der Waals surface area contributed by atoms with Crippen molar-refractivity contribution in [1.82, 2.24) is 5.32 Å². The fourth-order valence-corrected chi connectivity index (χ4v) is 4.71. The maximum atomic E-state index is 13.3. The van der Waals surface area contributed by atoms with Gasteiger partial charge in [0.1, 0.15) is 5.70 Å². The van der Waals surface area contributed by atoms with E-state index in [0.717, 1.165) is 26.2 Å². The molecule has 4 aromatic carbocycles. The van der Waals surface area contributed by atoms with Crippen LogP contribution in [0.5, 0.6) is 0 Å². The Morgan fingerprint density at radius 2 is 1.50 bits per heavy atom. The van der Waals surface area contributed by atoms with Crippen LogP contribution in [0.4, 0.5) is 11.4 Å². The Kier molecular flexibility index (Phi) is 9.94. The van der Waals surface area contributed by atoms with Gasteiger partial charge in [-0.2, -0.15) is 0 Å². The highest BCUT2D eigenvalue weighted by Crippen LogP contribution is 2.23. The van der Waals surface area contributed by atoms with E-state index in [4.69, 9.17) is 0 Å². The quantitative estimate of drug-likeness (QED) is 0.137. The molecule has 0 aromatic heterocycles. The molecule has 3 N–H and O–H groups in total. The molecule has 0 radical (unpaired) electrons. The van der Waals surface area contributed by atoms with Crippen molar-refractivity contribution in [3.8, 4) is 0 Å². The number of benzene rings is 4. The lowest BCUT2D eigenvalue weighted by molar-refractivity contribution is -0.114. The average Bonchev–Trinajstić information content (AvgIpc) is 2.95. The van der Waals surface area contributed by atoms with Gasteiger partial charge in [-0.25, -0.2) is 0 Å². The molecule has 0 saturated heterocycles. The van der Waals surface area contributed by atoms with E-state index >= 15 is 0 Å². The number of hydrogen-bond donors (Lipinski definition) is 3. The summed E-state index contributed by atoms with van der Waals surface area (Å²) in [5.41, 5.74) is 4.87. The number of thioether (sulfide) groups is 1. The lowest BCUT2D eigenvalue weighted by atomic mass is 10.1. The van der Waals surface area contributed by atoms with Crippen molar-refractivity contribution in [2.24, 2.45) is 0 Å². The number of nitrogens with one attached hydrogen (secondary N) is 3. The highest BCUT2D eigenvalue weighted by atomic mass is 79.9. The van der Waals surface area contributed by atoms with Crippen molar-refractivity contribution in [2.75, 3.05) is 16.4 Å². The zero-order valence-corrected chi connectivity index (χ0v) is 24.4. The molecule has 0 fully saturated rings.